The van der Waals surface area contributed by atoms with E-state index < -0.39 is 10.0 Å². The molecule has 0 radical (unpaired) electrons. The molecule has 4 rings (SSSR count). The summed E-state index contributed by atoms with van der Waals surface area (Å²) in [6, 6.07) is 6.89. The van der Waals surface area contributed by atoms with Gasteiger partial charge in [-0.05, 0) is 57.6 Å². The van der Waals surface area contributed by atoms with E-state index in [1.165, 1.54) is 4.31 Å². The first-order valence-corrected chi connectivity index (χ1v) is 13.5. The SMILES string of the molecule is Cc1ccc(S(=O)(=O)N2CCC(C(=O)N3CCC(C(=O)NC[C@@H]4CCCO4)CC3)CC2)cc1. The van der Waals surface area contributed by atoms with Crippen LogP contribution in [0.25, 0.3) is 0 Å². The third kappa shape index (κ3) is 5.75. The van der Waals surface area contributed by atoms with Crippen molar-refractivity contribution in [1.29, 1.82) is 0 Å². The number of ether oxygens (including phenoxy) is 1. The van der Waals surface area contributed by atoms with Gasteiger partial charge in [0.25, 0.3) is 0 Å². The molecule has 3 heterocycles. The van der Waals surface area contributed by atoms with Gasteiger partial charge in [-0.3, -0.25) is 9.59 Å². The van der Waals surface area contributed by atoms with Gasteiger partial charge in [0.2, 0.25) is 21.8 Å². The number of nitrogens with zero attached hydrogens (tertiary/aromatic N) is 2. The molecule has 3 fully saturated rings. The van der Waals surface area contributed by atoms with Crippen LogP contribution in [-0.2, 0) is 24.3 Å². The van der Waals surface area contributed by atoms with Gasteiger partial charge in [0.1, 0.15) is 0 Å². The zero-order chi connectivity index (χ0) is 23.4. The van der Waals surface area contributed by atoms with Gasteiger partial charge in [-0.2, -0.15) is 4.31 Å². The lowest BCUT2D eigenvalue weighted by Crippen LogP contribution is -2.48. The Morgan fingerprint density at radius 2 is 1.61 bits per heavy atom. The van der Waals surface area contributed by atoms with Crippen LogP contribution in [0.5, 0.6) is 0 Å². The second-order valence-electron chi connectivity index (χ2n) is 9.47. The van der Waals surface area contributed by atoms with E-state index in [9.17, 15) is 18.0 Å². The number of hydrogen-bond acceptors (Lipinski definition) is 5. The molecule has 0 spiro atoms. The van der Waals surface area contributed by atoms with Gasteiger partial charge >= 0.3 is 0 Å². The highest BCUT2D eigenvalue weighted by Gasteiger charge is 2.35. The predicted molar refractivity (Wildman–Crippen MR) is 124 cm³/mol. The molecule has 1 atom stereocenters. The van der Waals surface area contributed by atoms with Crippen LogP contribution in [-0.4, -0.2) is 74.9 Å². The van der Waals surface area contributed by atoms with E-state index in [0.717, 1.165) is 25.0 Å². The summed E-state index contributed by atoms with van der Waals surface area (Å²) in [5.41, 5.74) is 1.02. The molecule has 182 valence electrons. The van der Waals surface area contributed by atoms with Crippen molar-refractivity contribution in [2.75, 3.05) is 39.3 Å². The smallest absolute Gasteiger partial charge is 0.243 e. The van der Waals surface area contributed by atoms with Crippen LogP contribution >= 0.6 is 0 Å². The Balaban J connectivity index is 1.22. The molecule has 9 heteroatoms. The highest BCUT2D eigenvalue weighted by molar-refractivity contribution is 7.89. The Hall–Kier alpha value is -1.97. The van der Waals surface area contributed by atoms with Crippen LogP contribution < -0.4 is 5.32 Å². The molecular weight excluding hydrogens is 442 g/mol. The lowest BCUT2D eigenvalue weighted by atomic mass is 9.92. The number of rotatable bonds is 6. The standard InChI is InChI=1S/C24H35N3O5S/c1-18-4-6-22(7-5-18)33(30,31)27-14-10-20(11-15-27)24(29)26-12-8-19(9-13-26)23(28)25-17-21-3-2-16-32-21/h4-7,19-21H,2-3,8-17H2,1H3,(H,25,28)/t21-/m0/s1. The Morgan fingerprint density at radius 3 is 2.21 bits per heavy atom. The monoisotopic (exact) mass is 477 g/mol. The third-order valence-electron chi connectivity index (χ3n) is 7.17. The van der Waals surface area contributed by atoms with Gasteiger partial charge in [0.05, 0.1) is 11.0 Å². The molecule has 0 unspecified atom stereocenters. The van der Waals surface area contributed by atoms with Gasteiger partial charge in [-0.15, -0.1) is 0 Å². The Labute approximate surface area is 196 Å². The minimum atomic E-state index is -3.53. The van der Waals surface area contributed by atoms with Crippen LogP contribution in [0.15, 0.2) is 29.2 Å². The van der Waals surface area contributed by atoms with Crippen molar-refractivity contribution < 1.29 is 22.7 Å². The molecule has 1 aromatic rings. The van der Waals surface area contributed by atoms with Crippen LogP contribution in [0.4, 0.5) is 0 Å². The number of carbonyl (C=O) groups is 2. The second kappa shape index (κ2) is 10.5. The molecule has 33 heavy (non-hydrogen) atoms. The predicted octanol–water partition coefficient (Wildman–Crippen LogP) is 1.93. The topological polar surface area (TPSA) is 96.0 Å². The maximum Gasteiger partial charge on any atom is 0.243 e. The van der Waals surface area contributed by atoms with E-state index in [1.54, 1.807) is 24.3 Å². The number of likely N-dealkylation sites (tertiary alicyclic amines) is 1. The Bertz CT molecular complexity index is 927. The maximum absolute atomic E-state index is 13.0. The molecule has 8 nitrogen and oxygen atoms in total. The number of hydrogen-bond donors (Lipinski definition) is 1. The minimum absolute atomic E-state index is 0.0584. The fourth-order valence-electron chi connectivity index (χ4n) is 4.99. The molecule has 2 amide bonds. The highest BCUT2D eigenvalue weighted by atomic mass is 32.2. The lowest BCUT2D eigenvalue weighted by Gasteiger charge is -2.36. The van der Waals surface area contributed by atoms with E-state index >= 15 is 0 Å². The van der Waals surface area contributed by atoms with Gasteiger partial charge < -0.3 is 15.0 Å². The summed E-state index contributed by atoms with van der Waals surface area (Å²) >= 11 is 0. The summed E-state index contributed by atoms with van der Waals surface area (Å²) in [5, 5.41) is 3.01. The molecule has 0 aromatic heterocycles. The molecular formula is C24H35N3O5S. The molecule has 0 aliphatic carbocycles. The Morgan fingerprint density at radius 1 is 0.970 bits per heavy atom. The minimum Gasteiger partial charge on any atom is -0.376 e. The number of amides is 2. The van der Waals surface area contributed by atoms with E-state index in [1.807, 2.05) is 11.8 Å². The van der Waals surface area contributed by atoms with Crippen LogP contribution in [0.3, 0.4) is 0 Å². The average Bonchev–Trinajstić information content (AvgIpc) is 3.36. The van der Waals surface area contributed by atoms with Crippen molar-refractivity contribution >= 4 is 21.8 Å². The molecule has 3 aliphatic heterocycles. The maximum atomic E-state index is 13.0. The van der Waals surface area contributed by atoms with Crippen LogP contribution in [0, 0.1) is 18.8 Å². The molecule has 1 aromatic carbocycles. The fourth-order valence-corrected chi connectivity index (χ4v) is 6.46. The van der Waals surface area contributed by atoms with Crippen molar-refractivity contribution in [3.05, 3.63) is 29.8 Å². The lowest BCUT2D eigenvalue weighted by molar-refractivity contribution is -0.140. The number of aryl methyl sites for hydroxylation is 1. The van der Waals surface area contributed by atoms with Crippen molar-refractivity contribution in [3.8, 4) is 0 Å². The van der Waals surface area contributed by atoms with Crippen molar-refractivity contribution in [2.24, 2.45) is 11.8 Å². The van der Waals surface area contributed by atoms with E-state index in [-0.39, 0.29) is 29.8 Å². The molecule has 3 saturated heterocycles. The Kier molecular flexibility index (Phi) is 7.71. The first kappa shape index (κ1) is 24.2. The number of sulfonamides is 1. The molecule has 3 aliphatic rings. The number of benzene rings is 1. The number of nitrogens with one attached hydrogen (secondary N) is 1. The van der Waals surface area contributed by atoms with Crippen molar-refractivity contribution in [2.45, 2.75) is 56.4 Å². The van der Waals surface area contributed by atoms with E-state index in [4.69, 9.17) is 4.74 Å². The van der Waals surface area contributed by atoms with E-state index in [0.29, 0.717) is 63.3 Å². The largest absolute Gasteiger partial charge is 0.376 e. The summed E-state index contributed by atoms with van der Waals surface area (Å²) in [6.45, 7) is 5.15. The van der Waals surface area contributed by atoms with Gasteiger partial charge in [0, 0.05) is 51.2 Å². The highest BCUT2D eigenvalue weighted by Crippen LogP contribution is 2.27. The van der Waals surface area contributed by atoms with Crippen LogP contribution in [0.1, 0.15) is 44.1 Å². The normalized spacial score (nSPS) is 23.5. The van der Waals surface area contributed by atoms with Gasteiger partial charge in [-0.25, -0.2) is 8.42 Å². The zero-order valence-corrected chi connectivity index (χ0v) is 20.2. The summed E-state index contributed by atoms with van der Waals surface area (Å²) in [6.07, 6.45) is 4.59. The fraction of sp³-hybridized carbons (Fsp3) is 0.667. The first-order chi connectivity index (χ1) is 15.8. The van der Waals surface area contributed by atoms with Crippen molar-refractivity contribution in [3.63, 3.8) is 0 Å². The molecule has 0 saturated carbocycles. The molecule has 1 N–H and O–H groups in total. The number of carbonyl (C=O) groups excluding carboxylic acids is 2. The summed E-state index contributed by atoms with van der Waals surface area (Å²) in [5.74, 6) is -0.0517. The summed E-state index contributed by atoms with van der Waals surface area (Å²) < 4.78 is 32.8. The van der Waals surface area contributed by atoms with E-state index in [2.05, 4.69) is 5.32 Å². The summed E-state index contributed by atoms with van der Waals surface area (Å²) in [4.78, 5) is 27.7. The van der Waals surface area contributed by atoms with Crippen molar-refractivity contribution in [1.82, 2.24) is 14.5 Å². The van der Waals surface area contributed by atoms with Crippen LogP contribution in [0.2, 0.25) is 0 Å². The quantitative estimate of drug-likeness (QED) is 0.676. The average molecular weight is 478 g/mol. The second-order valence-corrected chi connectivity index (χ2v) is 11.4. The first-order valence-electron chi connectivity index (χ1n) is 12.1. The third-order valence-corrected chi connectivity index (χ3v) is 9.08. The molecule has 0 bridgehead atoms. The summed E-state index contributed by atoms with van der Waals surface area (Å²) in [7, 11) is -3.53. The number of piperidine rings is 2. The van der Waals surface area contributed by atoms with Gasteiger partial charge in [0.15, 0.2) is 0 Å². The van der Waals surface area contributed by atoms with Gasteiger partial charge in [-0.1, -0.05) is 17.7 Å². The zero-order valence-electron chi connectivity index (χ0n) is 19.4.